The SMILES string of the molecule is CC(C)(C)CC(=O)N(CCN1CCOCC1)CC(=O)N1N=C(c2cccs2)C[C@H]1c1ccccc1. The van der Waals surface area contributed by atoms with Crippen LogP contribution in [0.1, 0.15) is 50.1 Å². The van der Waals surface area contributed by atoms with Crippen LogP contribution in [0.2, 0.25) is 0 Å². The van der Waals surface area contributed by atoms with E-state index in [2.05, 4.69) is 25.7 Å². The van der Waals surface area contributed by atoms with Crippen molar-refractivity contribution in [2.24, 2.45) is 10.5 Å². The van der Waals surface area contributed by atoms with Gasteiger partial charge in [-0.3, -0.25) is 14.5 Å². The van der Waals surface area contributed by atoms with E-state index in [0.717, 1.165) is 35.8 Å². The Hall–Kier alpha value is -2.55. The second-order valence-corrected chi connectivity index (χ2v) is 11.3. The number of hydrogen-bond acceptors (Lipinski definition) is 6. The molecule has 2 amide bonds. The van der Waals surface area contributed by atoms with Crippen LogP contribution in [0.5, 0.6) is 0 Å². The van der Waals surface area contributed by atoms with E-state index in [1.807, 2.05) is 47.8 Å². The molecule has 7 nitrogen and oxygen atoms in total. The lowest BCUT2D eigenvalue weighted by Gasteiger charge is -2.32. The van der Waals surface area contributed by atoms with E-state index in [4.69, 9.17) is 9.84 Å². The summed E-state index contributed by atoms with van der Waals surface area (Å²) in [5.74, 6) is -0.133. The van der Waals surface area contributed by atoms with Gasteiger partial charge >= 0.3 is 0 Å². The van der Waals surface area contributed by atoms with Crippen molar-refractivity contribution in [1.82, 2.24) is 14.8 Å². The molecule has 188 valence electrons. The highest BCUT2D eigenvalue weighted by atomic mass is 32.1. The van der Waals surface area contributed by atoms with Crippen molar-refractivity contribution in [1.29, 1.82) is 0 Å². The molecule has 35 heavy (non-hydrogen) atoms. The number of benzene rings is 1. The van der Waals surface area contributed by atoms with Crippen LogP contribution in [0, 0.1) is 5.41 Å². The summed E-state index contributed by atoms with van der Waals surface area (Å²) in [5, 5.41) is 8.40. The predicted molar refractivity (Wildman–Crippen MR) is 139 cm³/mol. The van der Waals surface area contributed by atoms with E-state index in [9.17, 15) is 9.59 Å². The maximum absolute atomic E-state index is 13.7. The maximum atomic E-state index is 13.7. The van der Waals surface area contributed by atoms with Crippen LogP contribution in [0.25, 0.3) is 0 Å². The number of rotatable bonds is 8. The number of morpholine rings is 1. The van der Waals surface area contributed by atoms with Crippen molar-refractivity contribution in [2.75, 3.05) is 45.9 Å². The van der Waals surface area contributed by atoms with E-state index < -0.39 is 0 Å². The molecule has 1 atom stereocenters. The molecule has 1 aromatic carbocycles. The first-order chi connectivity index (χ1) is 16.8. The van der Waals surface area contributed by atoms with Gasteiger partial charge in [-0.25, -0.2) is 5.01 Å². The molecule has 0 saturated carbocycles. The molecule has 0 aliphatic carbocycles. The van der Waals surface area contributed by atoms with Crippen LogP contribution in [0.3, 0.4) is 0 Å². The lowest BCUT2D eigenvalue weighted by atomic mass is 9.91. The van der Waals surface area contributed by atoms with Crippen molar-refractivity contribution in [3.05, 3.63) is 58.3 Å². The summed E-state index contributed by atoms with van der Waals surface area (Å²) < 4.78 is 5.45. The van der Waals surface area contributed by atoms with Gasteiger partial charge in [0.05, 0.1) is 29.8 Å². The van der Waals surface area contributed by atoms with Crippen LogP contribution < -0.4 is 0 Å². The van der Waals surface area contributed by atoms with Gasteiger partial charge in [0.15, 0.2) is 0 Å². The van der Waals surface area contributed by atoms with E-state index >= 15 is 0 Å². The number of carbonyl (C=O) groups is 2. The Kier molecular flexibility index (Phi) is 8.36. The van der Waals surface area contributed by atoms with Gasteiger partial charge in [0.2, 0.25) is 5.91 Å². The van der Waals surface area contributed by atoms with Crippen LogP contribution in [-0.4, -0.2) is 78.3 Å². The molecule has 2 aliphatic rings. The molecular formula is C27H36N4O3S. The Morgan fingerprint density at radius 3 is 2.51 bits per heavy atom. The van der Waals surface area contributed by atoms with Crippen LogP contribution in [-0.2, 0) is 14.3 Å². The Morgan fingerprint density at radius 2 is 1.86 bits per heavy atom. The molecule has 1 aromatic heterocycles. The lowest BCUT2D eigenvalue weighted by molar-refractivity contribution is -0.142. The molecule has 0 bridgehead atoms. The number of amides is 2. The molecule has 1 fully saturated rings. The van der Waals surface area contributed by atoms with Crippen LogP contribution >= 0.6 is 11.3 Å². The summed E-state index contributed by atoms with van der Waals surface area (Å²) in [4.78, 5) is 32.0. The zero-order valence-corrected chi connectivity index (χ0v) is 21.8. The number of hydrogen-bond donors (Lipinski definition) is 0. The van der Waals surface area contributed by atoms with E-state index in [0.29, 0.717) is 32.6 Å². The minimum absolute atomic E-state index is 0.0111. The molecule has 0 N–H and O–H groups in total. The first kappa shape index (κ1) is 25.5. The second-order valence-electron chi connectivity index (χ2n) is 10.4. The number of nitrogens with zero attached hydrogens (tertiary/aromatic N) is 4. The van der Waals surface area contributed by atoms with Gasteiger partial charge < -0.3 is 9.64 Å². The summed E-state index contributed by atoms with van der Waals surface area (Å²) >= 11 is 1.63. The third-order valence-electron chi connectivity index (χ3n) is 6.31. The van der Waals surface area contributed by atoms with Gasteiger partial charge in [-0.05, 0) is 22.4 Å². The Labute approximate surface area is 212 Å². The third-order valence-corrected chi connectivity index (χ3v) is 7.22. The molecule has 4 rings (SSSR count). The fourth-order valence-electron chi connectivity index (χ4n) is 4.45. The standard InChI is InChI=1S/C27H36N4O3S/c1-27(2,3)19-25(32)30(12-11-29-13-15-34-16-14-29)20-26(33)31-23(21-8-5-4-6-9-21)18-22(28-31)24-10-7-17-35-24/h4-10,17,23H,11-16,18-20H2,1-3H3/t23-/m0/s1. The van der Waals surface area contributed by atoms with Gasteiger partial charge in [0.25, 0.3) is 5.91 Å². The Bertz CT molecular complexity index is 1010. The zero-order chi connectivity index (χ0) is 24.8. The van der Waals surface area contributed by atoms with Gasteiger partial charge in [-0.15, -0.1) is 11.3 Å². The van der Waals surface area contributed by atoms with Crippen molar-refractivity contribution in [2.45, 2.75) is 39.7 Å². The second kappa shape index (κ2) is 11.5. The molecule has 0 radical (unpaired) electrons. The normalized spacial score (nSPS) is 19.0. The van der Waals surface area contributed by atoms with Gasteiger partial charge in [-0.2, -0.15) is 5.10 Å². The zero-order valence-electron chi connectivity index (χ0n) is 21.0. The molecule has 8 heteroatoms. The molecular weight excluding hydrogens is 460 g/mol. The van der Waals surface area contributed by atoms with Crippen LogP contribution in [0.15, 0.2) is 52.9 Å². The summed E-state index contributed by atoms with van der Waals surface area (Å²) in [6.45, 7) is 10.6. The molecule has 3 heterocycles. The minimum atomic E-state index is -0.167. The smallest absolute Gasteiger partial charge is 0.262 e. The highest BCUT2D eigenvalue weighted by molar-refractivity contribution is 7.12. The van der Waals surface area contributed by atoms with Gasteiger partial charge in [0, 0.05) is 39.0 Å². The van der Waals surface area contributed by atoms with Crippen molar-refractivity contribution in [3.63, 3.8) is 0 Å². The number of carbonyl (C=O) groups excluding carboxylic acids is 2. The first-order valence-electron chi connectivity index (χ1n) is 12.4. The number of hydrazone groups is 1. The monoisotopic (exact) mass is 496 g/mol. The van der Waals surface area contributed by atoms with Crippen molar-refractivity contribution >= 4 is 28.9 Å². The Balaban J connectivity index is 1.52. The highest BCUT2D eigenvalue weighted by Gasteiger charge is 2.35. The summed E-state index contributed by atoms with van der Waals surface area (Å²) in [5.41, 5.74) is 1.82. The van der Waals surface area contributed by atoms with Gasteiger partial charge in [0.1, 0.15) is 6.54 Å². The van der Waals surface area contributed by atoms with Crippen LogP contribution in [0.4, 0.5) is 0 Å². The highest BCUT2D eigenvalue weighted by Crippen LogP contribution is 2.34. The number of thiophene rings is 1. The average Bonchev–Trinajstić information content (AvgIpc) is 3.52. The fourth-order valence-corrected chi connectivity index (χ4v) is 5.17. The molecule has 2 aliphatic heterocycles. The topological polar surface area (TPSA) is 65.5 Å². The van der Waals surface area contributed by atoms with Gasteiger partial charge in [-0.1, -0.05) is 57.2 Å². The molecule has 0 spiro atoms. The average molecular weight is 497 g/mol. The molecule has 2 aromatic rings. The summed E-state index contributed by atoms with van der Waals surface area (Å²) in [6.07, 6.45) is 1.06. The predicted octanol–water partition coefficient (Wildman–Crippen LogP) is 4.02. The summed E-state index contributed by atoms with van der Waals surface area (Å²) in [7, 11) is 0. The first-order valence-corrected chi connectivity index (χ1v) is 13.2. The van der Waals surface area contributed by atoms with E-state index in [1.54, 1.807) is 21.2 Å². The quantitative estimate of drug-likeness (QED) is 0.554. The molecule has 1 saturated heterocycles. The largest absolute Gasteiger partial charge is 0.379 e. The number of ether oxygens (including phenoxy) is 1. The fraction of sp³-hybridized carbons (Fsp3) is 0.519. The third kappa shape index (κ3) is 6.99. The summed E-state index contributed by atoms with van der Waals surface area (Å²) in [6, 6.07) is 13.9. The minimum Gasteiger partial charge on any atom is -0.379 e. The lowest BCUT2D eigenvalue weighted by Crippen LogP contribution is -2.47. The van der Waals surface area contributed by atoms with E-state index in [-0.39, 0.29) is 29.8 Å². The Morgan fingerprint density at radius 1 is 1.11 bits per heavy atom. The maximum Gasteiger partial charge on any atom is 0.262 e. The van der Waals surface area contributed by atoms with Crippen molar-refractivity contribution in [3.8, 4) is 0 Å². The van der Waals surface area contributed by atoms with E-state index in [1.165, 1.54) is 0 Å². The van der Waals surface area contributed by atoms with Crippen molar-refractivity contribution < 1.29 is 14.3 Å². The molecule has 0 unspecified atom stereocenters.